The number of rotatable bonds is 8. The average molecular weight is 566 g/mol. The Morgan fingerprint density at radius 1 is 1.15 bits per heavy atom. The number of nitrogens with one attached hydrogen (secondary N) is 1. The lowest BCUT2D eigenvalue weighted by Gasteiger charge is -2.15. The van der Waals surface area contributed by atoms with E-state index in [9.17, 15) is 32.3 Å². The summed E-state index contributed by atoms with van der Waals surface area (Å²) in [5.74, 6) is -1.54. The molecule has 0 saturated heterocycles. The number of carbonyl (C=O) groups excluding carboxylic acids is 1. The van der Waals surface area contributed by atoms with E-state index in [1.54, 1.807) is 0 Å². The van der Waals surface area contributed by atoms with Gasteiger partial charge >= 0.3 is 11.9 Å². The van der Waals surface area contributed by atoms with E-state index in [1.165, 1.54) is 42.5 Å². The number of benzene rings is 2. The maximum Gasteiger partial charge on any atom is 0.416 e. The molecule has 15 heteroatoms. The van der Waals surface area contributed by atoms with Gasteiger partial charge < -0.3 is 10.4 Å². The van der Waals surface area contributed by atoms with Crippen LogP contribution in [0.2, 0.25) is 5.02 Å². The Bertz CT molecular complexity index is 1580. The summed E-state index contributed by atoms with van der Waals surface area (Å²) in [6.45, 7) is -1.54. The summed E-state index contributed by atoms with van der Waals surface area (Å²) in [5, 5.41) is 21.2. The number of hydrogen-bond acceptors (Lipinski definition) is 6. The van der Waals surface area contributed by atoms with Gasteiger partial charge in [0.05, 0.1) is 12.2 Å². The number of carbonyl (C=O) groups is 1. The SMILES string of the molecule is O=C(NC1CC1)c1nc(Cn2nc(-c3ccc(Cl)cc3)n(C[C@H](O)C(F)(F)F)c2=O)nn1-c1cccc(F)c1. The third-order valence-corrected chi connectivity index (χ3v) is 6.12. The molecule has 0 aliphatic heterocycles. The van der Waals surface area contributed by atoms with Gasteiger partial charge in [-0.1, -0.05) is 17.7 Å². The van der Waals surface area contributed by atoms with Crippen LogP contribution in [0, 0.1) is 5.82 Å². The topological polar surface area (TPSA) is 120 Å². The summed E-state index contributed by atoms with van der Waals surface area (Å²) in [5.41, 5.74) is -0.510. The summed E-state index contributed by atoms with van der Waals surface area (Å²) >= 11 is 5.91. The zero-order chi connectivity index (χ0) is 27.9. The third-order valence-electron chi connectivity index (χ3n) is 5.87. The molecule has 0 spiro atoms. The van der Waals surface area contributed by atoms with Gasteiger partial charge in [0.25, 0.3) is 5.91 Å². The van der Waals surface area contributed by atoms with Crippen LogP contribution >= 0.6 is 11.6 Å². The van der Waals surface area contributed by atoms with E-state index in [0.717, 1.165) is 28.3 Å². The van der Waals surface area contributed by atoms with Crippen molar-refractivity contribution in [1.82, 2.24) is 34.4 Å². The highest BCUT2D eigenvalue weighted by molar-refractivity contribution is 6.30. The molecule has 0 bridgehead atoms. The molecule has 2 aromatic heterocycles. The van der Waals surface area contributed by atoms with Crippen LogP contribution in [0.1, 0.15) is 29.3 Å². The van der Waals surface area contributed by atoms with Gasteiger partial charge in [-0.05, 0) is 55.3 Å². The zero-order valence-electron chi connectivity index (χ0n) is 19.9. The molecule has 2 aromatic carbocycles. The number of alkyl halides is 3. The molecule has 1 fully saturated rings. The summed E-state index contributed by atoms with van der Waals surface area (Å²) in [4.78, 5) is 30.2. The van der Waals surface area contributed by atoms with Crippen LogP contribution in [-0.4, -0.2) is 58.4 Å². The highest BCUT2D eigenvalue weighted by Crippen LogP contribution is 2.24. The first-order valence-corrected chi connectivity index (χ1v) is 12.1. The third kappa shape index (κ3) is 5.86. The fraction of sp³-hybridized carbons (Fsp3) is 0.292. The number of nitrogens with zero attached hydrogens (tertiary/aromatic N) is 6. The van der Waals surface area contributed by atoms with E-state index in [-0.39, 0.29) is 34.8 Å². The molecular weight excluding hydrogens is 546 g/mol. The van der Waals surface area contributed by atoms with Crippen molar-refractivity contribution in [3.05, 3.63) is 81.5 Å². The molecule has 10 nitrogen and oxygen atoms in total. The van der Waals surface area contributed by atoms with E-state index >= 15 is 0 Å². The minimum Gasteiger partial charge on any atom is -0.382 e. The Labute approximate surface area is 222 Å². The van der Waals surface area contributed by atoms with Crippen molar-refractivity contribution in [3.8, 4) is 17.1 Å². The van der Waals surface area contributed by atoms with Gasteiger partial charge in [-0.2, -0.15) is 13.2 Å². The van der Waals surface area contributed by atoms with Crippen LogP contribution in [0.5, 0.6) is 0 Å². The monoisotopic (exact) mass is 565 g/mol. The van der Waals surface area contributed by atoms with E-state index in [0.29, 0.717) is 9.59 Å². The molecule has 2 heterocycles. The largest absolute Gasteiger partial charge is 0.416 e. The van der Waals surface area contributed by atoms with Gasteiger partial charge in [-0.25, -0.2) is 23.5 Å². The molecule has 39 heavy (non-hydrogen) atoms. The first kappa shape index (κ1) is 26.6. The lowest BCUT2D eigenvalue weighted by Crippen LogP contribution is -2.37. The maximum absolute atomic E-state index is 13.9. The van der Waals surface area contributed by atoms with E-state index in [1.807, 2.05) is 0 Å². The van der Waals surface area contributed by atoms with Crippen LogP contribution in [0.15, 0.2) is 53.3 Å². The molecular formula is C24H20ClF4N7O3. The number of aliphatic hydroxyl groups excluding tert-OH is 1. The maximum atomic E-state index is 13.9. The Morgan fingerprint density at radius 3 is 2.51 bits per heavy atom. The lowest BCUT2D eigenvalue weighted by molar-refractivity contribution is -0.207. The van der Waals surface area contributed by atoms with Gasteiger partial charge in [0.15, 0.2) is 17.8 Å². The molecule has 0 radical (unpaired) electrons. The predicted molar refractivity (Wildman–Crippen MR) is 130 cm³/mol. The van der Waals surface area contributed by atoms with Crippen molar-refractivity contribution in [3.63, 3.8) is 0 Å². The summed E-state index contributed by atoms with van der Waals surface area (Å²) in [6, 6.07) is 11.1. The van der Waals surface area contributed by atoms with Crippen LogP contribution in [-0.2, 0) is 13.1 Å². The van der Waals surface area contributed by atoms with Crippen molar-refractivity contribution >= 4 is 17.5 Å². The Balaban J connectivity index is 1.55. The van der Waals surface area contributed by atoms with Crippen molar-refractivity contribution in [2.45, 2.75) is 44.3 Å². The summed E-state index contributed by atoms with van der Waals surface area (Å²) in [6.07, 6.45) is -6.21. The van der Waals surface area contributed by atoms with Crippen LogP contribution in [0.25, 0.3) is 17.1 Å². The molecule has 4 aromatic rings. The molecule has 2 N–H and O–H groups in total. The molecule has 204 valence electrons. The first-order valence-electron chi connectivity index (χ1n) is 11.7. The zero-order valence-corrected chi connectivity index (χ0v) is 20.7. The number of amides is 1. The fourth-order valence-electron chi connectivity index (χ4n) is 3.77. The summed E-state index contributed by atoms with van der Waals surface area (Å²) < 4.78 is 55.9. The second-order valence-electron chi connectivity index (χ2n) is 8.93. The fourth-order valence-corrected chi connectivity index (χ4v) is 3.89. The molecule has 1 amide bonds. The quantitative estimate of drug-likeness (QED) is 0.317. The smallest absolute Gasteiger partial charge is 0.382 e. The normalized spacial score (nSPS) is 14.4. The van der Waals surface area contributed by atoms with Gasteiger partial charge in [-0.15, -0.1) is 10.2 Å². The second kappa shape index (κ2) is 10.3. The minimum absolute atomic E-state index is 0.0149. The highest BCUT2D eigenvalue weighted by Gasteiger charge is 2.39. The number of aliphatic hydroxyl groups is 1. The van der Waals surface area contributed by atoms with E-state index in [2.05, 4.69) is 20.5 Å². The van der Waals surface area contributed by atoms with Gasteiger partial charge in [0.2, 0.25) is 5.82 Å². The minimum atomic E-state index is -4.98. The standard InChI is InChI=1S/C24H20ClF4N7O3/c25-14-6-4-13(5-7-14)20-33-35(23(39)34(20)11-18(37)24(27,28)29)12-19-31-21(22(38)30-16-8-9-16)36(32-19)17-3-1-2-15(26)10-17/h1-7,10,16,18,37H,8-9,11-12H2,(H,30,38)/t18-/m0/s1. The molecule has 1 aliphatic rings. The Kier molecular flexibility index (Phi) is 6.99. The Hall–Kier alpha value is -4.04. The molecule has 1 aliphatic carbocycles. The van der Waals surface area contributed by atoms with E-state index < -0.39 is 42.8 Å². The second-order valence-corrected chi connectivity index (χ2v) is 9.37. The van der Waals surface area contributed by atoms with Gasteiger partial charge in [0, 0.05) is 16.6 Å². The van der Waals surface area contributed by atoms with Gasteiger partial charge in [0.1, 0.15) is 12.4 Å². The van der Waals surface area contributed by atoms with Crippen molar-refractivity contribution in [2.24, 2.45) is 0 Å². The average Bonchev–Trinajstić information content (AvgIpc) is 3.51. The van der Waals surface area contributed by atoms with Crippen molar-refractivity contribution in [2.75, 3.05) is 0 Å². The highest BCUT2D eigenvalue weighted by atomic mass is 35.5. The molecule has 1 saturated carbocycles. The molecule has 1 atom stereocenters. The number of aromatic nitrogens is 6. The first-order chi connectivity index (χ1) is 18.5. The lowest BCUT2D eigenvalue weighted by atomic mass is 10.2. The van der Waals surface area contributed by atoms with Crippen molar-refractivity contribution in [1.29, 1.82) is 0 Å². The van der Waals surface area contributed by atoms with Crippen LogP contribution in [0.3, 0.4) is 0 Å². The summed E-state index contributed by atoms with van der Waals surface area (Å²) in [7, 11) is 0. The molecule has 0 unspecified atom stereocenters. The number of hydrogen-bond donors (Lipinski definition) is 2. The number of halogens is 5. The van der Waals surface area contributed by atoms with Gasteiger partial charge in [-0.3, -0.25) is 9.36 Å². The van der Waals surface area contributed by atoms with Crippen molar-refractivity contribution < 1.29 is 27.5 Å². The Morgan fingerprint density at radius 2 is 1.87 bits per heavy atom. The predicted octanol–water partition coefficient (Wildman–Crippen LogP) is 2.95. The van der Waals surface area contributed by atoms with Crippen LogP contribution in [0.4, 0.5) is 17.6 Å². The van der Waals surface area contributed by atoms with E-state index in [4.69, 9.17) is 11.6 Å². The molecule has 5 rings (SSSR count). The van der Waals surface area contributed by atoms with Crippen LogP contribution < -0.4 is 11.0 Å².